The highest BCUT2D eigenvalue weighted by molar-refractivity contribution is 7.22. The number of carboxylic acid groups (broad SMARTS) is 1. The van der Waals surface area contributed by atoms with Crippen LogP contribution in [0.4, 0.5) is 5.95 Å². The predicted molar refractivity (Wildman–Crippen MR) is 94.0 cm³/mol. The fourth-order valence-corrected chi connectivity index (χ4v) is 3.66. The molecule has 0 fully saturated rings. The van der Waals surface area contributed by atoms with E-state index in [9.17, 15) is 9.90 Å². The predicted octanol–water partition coefficient (Wildman–Crippen LogP) is 3.63. The largest absolute Gasteiger partial charge is 0.478 e. The number of nitrogen functional groups attached to an aromatic ring is 1. The normalized spacial score (nSPS) is 11.0. The number of aromatic carboxylic acids is 1. The van der Waals surface area contributed by atoms with Crippen LogP contribution in [0.1, 0.15) is 10.4 Å². The van der Waals surface area contributed by atoms with Crippen molar-refractivity contribution in [2.45, 2.75) is 0 Å². The fraction of sp³-hybridized carbons (Fsp3) is 0. The zero-order chi connectivity index (χ0) is 16.7. The van der Waals surface area contributed by atoms with Crippen LogP contribution in [0.25, 0.3) is 32.0 Å². The molecule has 3 aromatic heterocycles. The third-order valence-corrected chi connectivity index (χ3v) is 4.80. The Morgan fingerprint density at radius 3 is 2.79 bits per heavy atom. The first kappa shape index (κ1) is 14.4. The molecule has 4 N–H and O–H groups in total. The molecule has 7 heteroatoms. The quantitative estimate of drug-likeness (QED) is 0.530. The summed E-state index contributed by atoms with van der Waals surface area (Å²) >= 11 is 1.54. The Hall–Kier alpha value is -3.19. The second kappa shape index (κ2) is 5.47. The SMILES string of the molecule is Nc1nccc(-c2cc(C(=O)O)c(-c3cc4ccccc4s3)[nH]2)n1. The minimum absolute atomic E-state index is 0.141. The Balaban J connectivity index is 1.89. The number of rotatable bonds is 3. The lowest BCUT2D eigenvalue weighted by molar-refractivity contribution is 0.0698. The van der Waals surface area contributed by atoms with Crippen LogP contribution in [0.15, 0.2) is 48.7 Å². The first-order chi connectivity index (χ1) is 11.6. The summed E-state index contributed by atoms with van der Waals surface area (Å²) in [6.07, 6.45) is 1.54. The number of benzene rings is 1. The monoisotopic (exact) mass is 336 g/mol. The van der Waals surface area contributed by atoms with Gasteiger partial charge in [-0.25, -0.2) is 14.8 Å². The van der Waals surface area contributed by atoms with Crippen LogP contribution in [-0.2, 0) is 0 Å². The number of hydrogen-bond donors (Lipinski definition) is 3. The van der Waals surface area contributed by atoms with Crippen molar-refractivity contribution < 1.29 is 9.90 Å². The van der Waals surface area contributed by atoms with E-state index in [1.54, 1.807) is 23.5 Å². The van der Waals surface area contributed by atoms with Crippen LogP contribution in [-0.4, -0.2) is 26.0 Å². The van der Waals surface area contributed by atoms with Gasteiger partial charge >= 0.3 is 5.97 Å². The number of thiophene rings is 1. The number of aromatic amines is 1. The Bertz CT molecular complexity index is 1030. The zero-order valence-corrected chi connectivity index (χ0v) is 13.2. The molecular formula is C17H12N4O2S. The van der Waals surface area contributed by atoms with Crippen molar-refractivity contribution in [2.75, 3.05) is 5.73 Å². The topological polar surface area (TPSA) is 105 Å². The van der Waals surface area contributed by atoms with E-state index < -0.39 is 5.97 Å². The van der Waals surface area contributed by atoms with E-state index in [4.69, 9.17) is 5.73 Å². The highest BCUT2D eigenvalue weighted by Gasteiger charge is 2.19. The zero-order valence-electron chi connectivity index (χ0n) is 12.4. The van der Waals surface area contributed by atoms with Gasteiger partial charge < -0.3 is 15.8 Å². The Labute approximate surface area is 140 Å². The average Bonchev–Trinajstić information content (AvgIpc) is 3.19. The van der Waals surface area contributed by atoms with Crippen molar-refractivity contribution in [3.05, 3.63) is 54.2 Å². The van der Waals surface area contributed by atoms with E-state index in [0.29, 0.717) is 17.1 Å². The molecule has 0 saturated heterocycles. The second-order valence-electron chi connectivity index (χ2n) is 5.23. The van der Waals surface area contributed by atoms with Crippen LogP contribution in [0.5, 0.6) is 0 Å². The van der Waals surface area contributed by atoms with Crippen LogP contribution in [0.2, 0.25) is 0 Å². The van der Waals surface area contributed by atoms with Gasteiger partial charge in [-0.3, -0.25) is 0 Å². The van der Waals surface area contributed by atoms with E-state index in [1.807, 2.05) is 30.3 Å². The van der Waals surface area contributed by atoms with Crippen molar-refractivity contribution in [3.63, 3.8) is 0 Å². The van der Waals surface area contributed by atoms with Gasteiger partial charge in [0.05, 0.1) is 27.5 Å². The van der Waals surface area contributed by atoms with Gasteiger partial charge in [-0.2, -0.15) is 0 Å². The van der Waals surface area contributed by atoms with E-state index in [1.165, 1.54) is 6.20 Å². The maximum absolute atomic E-state index is 11.6. The molecule has 118 valence electrons. The fourth-order valence-electron chi connectivity index (χ4n) is 2.58. The lowest BCUT2D eigenvalue weighted by atomic mass is 10.2. The summed E-state index contributed by atoms with van der Waals surface area (Å²) in [5.74, 6) is -0.852. The maximum Gasteiger partial charge on any atom is 0.337 e. The van der Waals surface area contributed by atoms with Crippen LogP contribution < -0.4 is 5.73 Å². The van der Waals surface area contributed by atoms with Crippen LogP contribution in [0.3, 0.4) is 0 Å². The third-order valence-electron chi connectivity index (χ3n) is 3.67. The van der Waals surface area contributed by atoms with Gasteiger partial charge in [0.15, 0.2) is 0 Å². The Morgan fingerprint density at radius 1 is 1.21 bits per heavy atom. The van der Waals surface area contributed by atoms with Crippen molar-refractivity contribution >= 4 is 33.3 Å². The minimum atomic E-state index is -0.994. The molecule has 4 aromatic rings. The Morgan fingerprint density at radius 2 is 2.04 bits per heavy atom. The number of aromatic nitrogens is 3. The molecule has 0 saturated carbocycles. The highest BCUT2D eigenvalue weighted by atomic mass is 32.1. The molecule has 4 rings (SSSR count). The van der Waals surface area contributed by atoms with E-state index >= 15 is 0 Å². The number of nitrogens with one attached hydrogen (secondary N) is 1. The highest BCUT2D eigenvalue weighted by Crippen LogP contribution is 2.36. The van der Waals surface area contributed by atoms with Gasteiger partial charge in [-0.15, -0.1) is 11.3 Å². The summed E-state index contributed by atoms with van der Waals surface area (Å²) in [4.78, 5) is 23.7. The summed E-state index contributed by atoms with van der Waals surface area (Å²) in [5, 5.41) is 10.6. The molecule has 0 aliphatic rings. The maximum atomic E-state index is 11.6. The van der Waals surface area contributed by atoms with Gasteiger partial charge in [0.1, 0.15) is 0 Å². The molecule has 3 heterocycles. The lowest BCUT2D eigenvalue weighted by Gasteiger charge is -1.98. The molecule has 1 aromatic carbocycles. The van der Waals surface area contributed by atoms with Crippen molar-refractivity contribution in [2.24, 2.45) is 0 Å². The number of fused-ring (bicyclic) bond motifs is 1. The summed E-state index contributed by atoms with van der Waals surface area (Å²) in [5.41, 5.74) is 7.53. The first-order valence-electron chi connectivity index (χ1n) is 7.16. The number of nitrogens with zero attached hydrogens (tertiary/aromatic N) is 2. The molecule has 6 nitrogen and oxygen atoms in total. The van der Waals surface area contributed by atoms with Crippen LogP contribution >= 0.6 is 11.3 Å². The van der Waals surface area contributed by atoms with Crippen LogP contribution in [0, 0.1) is 0 Å². The number of nitrogens with two attached hydrogens (primary N) is 1. The number of carbonyl (C=O) groups is 1. The van der Waals surface area contributed by atoms with Gasteiger partial charge in [0.2, 0.25) is 5.95 Å². The average molecular weight is 336 g/mol. The molecule has 0 amide bonds. The molecule has 0 aliphatic carbocycles. The smallest absolute Gasteiger partial charge is 0.337 e. The number of carboxylic acids is 1. The van der Waals surface area contributed by atoms with Gasteiger partial charge in [0.25, 0.3) is 0 Å². The third kappa shape index (κ3) is 2.40. The van der Waals surface area contributed by atoms with E-state index in [0.717, 1.165) is 15.0 Å². The summed E-state index contributed by atoms with van der Waals surface area (Å²) < 4.78 is 1.10. The molecule has 0 unspecified atom stereocenters. The summed E-state index contributed by atoms with van der Waals surface area (Å²) in [6.45, 7) is 0. The standard InChI is InChI=1S/C17H12N4O2S/c18-17-19-6-5-11(21-17)12-8-10(16(22)23)15(20-12)14-7-9-3-1-2-4-13(9)24-14/h1-8,20H,(H,22,23)(H2,18,19,21). The van der Waals surface area contributed by atoms with E-state index in [-0.39, 0.29) is 11.5 Å². The molecule has 0 aliphatic heterocycles. The van der Waals surface area contributed by atoms with Crippen molar-refractivity contribution in [1.82, 2.24) is 15.0 Å². The lowest BCUT2D eigenvalue weighted by Crippen LogP contribution is -1.95. The van der Waals surface area contributed by atoms with Gasteiger partial charge in [0, 0.05) is 10.9 Å². The molecule has 0 spiro atoms. The van der Waals surface area contributed by atoms with Gasteiger partial charge in [-0.05, 0) is 29.7 Å². The minimum Gasteiger partial charge on any atom is -0.478 e. The summed E-state index contributed by atoms with van der Waals surface area (Å²) in [6, 6.07) is 13.2. The second-order valence-corrected chi connectivity index (χ2v) is 6.31. The number of hydrogen-bond acceptors (Lipinski definition) is 5. The van der Waals surface area contributed by atoms with E-state index in [2.05, 4.69) is 15.0 Å². The summed E-state index contributed by atoms with van der Waals surface area (Å²) in [7, 11) is 0. The number of anilines is 1. The molecule has 0 radical (unpaired) electrons. The molecular weight excluding hydrogens is 324 g/mol. The van der Waals surface area contributed by atoms with Crippen molar-refractivity contribution in [1.29, 1.82) is 0 Å². The van der Waals surface area contributed by atoms with Gasteiger partial charge in [-0.1, -0.05) is 18.2 Å². The molecule has 24 heavy (non-hydrogen) atoms. The number of H-pyrrole nitrogens is 1. The molecule has 0 bridgehead atoms. The first-order valence-corrected chi connectivity index (χ1v) is 7.97. The van der Waals surface area contributed by atoms with Crippen molar-refractivity contribution in [3.8, 4) is 22.0 Å². The molecule has 0 atom stereocenters. The Kier molecular flexibility index (Phi) is 3.28.